The molecular formula is C14H22N2OS. The molecule has 3 nitrogen and oxygen atoms in total. The Morgan fingerprint density at radius 1 is 1.44 bits per heavy atom. The standard InChI is InChI=1S/C14H22N2OS/c1-4-10(3)9-18-13-8-11(6-7-12(13)15)14(17)16-5-2/h6-8,10H,4-5,9,15H2,1-3H3,(H,16,17). The van der Waals surface area contributed by atoms with E-state index in [0.717, 1.165) is 22.8 Å². The van der Waals surface area contributed by atoms with Crippen LogP contribution in [0.2, 0.25) is 0 Å². The van der Waals surface area contributed by atoms with Crippen molar-refractivity contribution in [3.63, 3.8) is 0 Å². The molecule has 0 bridgehead atoms. The Labute approximate surface area is 114 Å². The number of hydrogen-bond donors (Lipinski definition) is 2. The number of rotatable bonds is 6. The highest BCUT2D eigenvalue weighted by Gasteiger charge is 2.09. The van der Waals surface area contributed by atoms with Crippen LogP contribution in [0.5, 0.6) is 0 Å². The summed E-state index contributed by atoms with van der Waals surface area (Å²) in [4.78, 5) is 12.7. The Hall–Kier alpha value is -1.16. The number of amides is 1. The van der Waals surface area contributed by atoms with Crippen LogP contribution in [0.25, 0.3) is 0 Å². The van der Waals surface area contributed by atoms with Crippen LogP contribution in [0, 0.1) is 5.92 Å². The van der Waals surface area contributed by atoms with Gasteiger partial charge in [-0.25, -0.2) is 0 Å². The molecule has 0 heterocycles. The smallest absolute Gasteiger partial charge is 0.251 e. The molecule has 0 spiro atoms. The van der Waals surface area contributed by atoms with Gasteiger partial charge in [-0.15, -0.1) is 11.8 Å². The van der Waals surface area contributed by atoms with Crippen molar-refractivity contribution in [2.24, 2.45) is 5.92 Å². The van der Waals surface area contributed by atoms with E-state index in [2.05, 4.69) is 19.2 Å². The Morgan fingerprint density at radius 3 is 2.78 bits per heavy atom. The molecule has 1 aromatic carbocycles. The first kappa shape index (κ1) is 14.9. The number of nitrogen functional groups attached to an aromatic ring is 1. The molecule has 0 saturated heterocycles. The number of nitrogens with one attached hydrogen (secondary N) is 1. The molecule has 18 heavy (non-hydrogen) atoms. The zero-order chi connectivity index (χ0) is 13.5. The first-order valence-corrected chi connectivity index (χ1v) is 7.37. The average molecular weight is 266 g/mol. The quantitative estimate of drug-likeness (QED) is 0.614. The number of anilines is 1. The van der Waals surface area contributed by atoms with E-state index >= 15 is 0 Å². The van der Waals surface area contributed by atoms with Gasteiger partial charge in [0.2, 0.25) is 0 Å². The summed E-state index contributed by atoms with van der Waals surface area (Å²) in [5.41, 5.74) is 7.36. The molecule has 0 aliphatic carbocycles. The lowest BCUT2D eigenvalue weighted by molar-refractivity contribution is 0.0955. The van der Waals surface area contributed by atoms with Gasteiger partial charge in [-0.3, -0.25) is 4.79 Å². The van der Waals surface area contributed by atoms with Crippen molar-refractivity contribution in [1.82, 2.24) is 5.32 Å². The third-order valence-electron chi connectivity index (χ3n) is 2.83. The van der Waals surface area contributed by atoms with Crippen molar-refractivity contribution >= 4 is 23.4 Å². The van der Waals surface area contributed by atoms with Crippen LogP contribution in [-0.2, 0) is 0 Å². The summed E-state index contributed by atoms with van der Waals surface area (Å²) in [5, 5.41) is 2.80. The van der Waals surface area contributed by atoms with Crippen molar-refractivity contribution in [1.29, 1.82) is 0 Å². The molecule has 1 unspecified atom stereocenters. The molecule has 1 rings (SSSR count). The molecule has 1 atom stereocenters. The van der Waals surface area contributed by atoms with Crippen molar-refractivity contribution in [2.45, 2.75) is 32.1 Å². The zero-order valence-electron chi connectivity index (χ0n) is 11.3. The lowest BCUT2D eigenvalue weighted by atomic mass is 10.2. The number of nitrogens with two attached hydrogens (primary N) is 1. The Morgan fingerprint density at radius 2 is 2.17 bits per heavy atom. The fourth-order valence-electron chi connectivity index (χ4n) is 1.41. The third kappa shape index (κ3) is 4.26. The summed E-state index contributed by atoms with van der Waals surface area (Å²) < 4.78 is 0. The number of hydrogen-bond acceptors (Lipinski definition) is 3. The van der Waals surface area contributed by atoms with Gasteiger partial charge < -0.3 is 11.1 Å². The predicted molar refractivity (Wildman–Crippen MR) is 79.0 cm³/mol. The lowest BCUT2D eigenvalue weighted by Crippen LogP contribution is -2.22. The molecule has 0 aliphatic rings. The topological polar surface area (TPSA) is 55.1 Å². The van der Waals surface area contributed by atoms with Gasteiger partial charge in [-0.2, -0.15) is 0 Å². The second-order valence-electron chi connectivity index (χ2n) is 4.44. The summed E-state index contributed by atoms with van der Waals surface area (Å²) >= 11 is 1.72. The first-order valence-electron chi connectivity index (χ1n) is 6.39. The van der Waals surface area contributed by atoms with Gasteiger partial charge in [-0.05, 0) is 31.0 Å². The van der Waals surface area contributed by atoms with E-state index in [0.29, 0.717) is 18.0 Å². The van der Waals surface area contributed by atoms with Crippen LogP contribution in [0.1, 0.15) is 37.6 Å². The summed E-state index contributed by atoms with van der Waals surface area (Å²) in [6, 6.07) is 5.46. The minimum atomic E-state index is -0.0390. The maximum atomic E-state index is 11.7. The van der Waals surface area contributed by atoms with Crippen LogP contribution in [0.4, 0.5) is 5.69 Å². The molecule has 1 amide bonds. The number of thioether (sulfide) groups is 1. The Kier molecular flexibility index (Phi) is 6.05. The molecule has 0 aliphatic heterocycles. The largest absolute Gasteiger partial charge is 0.398 e. The third-order valence-corrected chi connectivity index (χ3v) is 4.23. The maximum absolute atomic E-state index is 11.7. The fourth-order valence-corrected chi connectivity index (χ4v) is 2.56. The first-order chi connectivity index (χ1) is 8.58. The molecule has 0 saturated carbocycles. The van der Waals surface area contributed by atoms with Crippen molar-refractivity contribution in [3.8, 4) is 0 Å². The molecule has 100 valence electrons. The van der Waals surface area contributed by atoms with Crippen LogP contribution < -0.4 is 11.1 Å². The van der Waals surface area contributed by atoms with Gasteiger partial charge in [-0.1, -0.05) is 20.3 Å². The molecular weight excluding hydrogens is 244 g/mol. The maximum Gasteiger partial charge on any atom is 0.251 e. The van der Waals surface area contributed by atoms with Gasteiger partial charge >= 0.3 is 0 Å². The van der Waals surface area contributed by atoms with Crippen molar-refractivity contribution < 1.29 is 4.79 Å². The normalized spacial score (nSPS) is 12.2. The zero-order valence-corrected chi connectivity index (χ0v) is 12.1. The molecule has 3 N–H and O–H groups in total. The molecule has 0 aromatic heterocycles. The minimum absolute atomic E-state index is 0.0390. The highest BCUT2D eigenvalue weighted by molar-refractivity contribution is 7.99. The van der Waals surface area contributed by atoms with Crippen LogP contribution in [0.3, 0.4) is 0 Å². The van der Waals surface area contributed by atoms with Crippen LogP contribution in [0.15, 0.2) is 23.1 Å². The van der Waals surface area contributed by atoms with Gasteiger partial charge in [0.1, 0.15) is 0 Å². The molecule has 0 radical (unpaired) electrons. The second-order valence-corrected chi connectivity index (χ2v) is 5.50. The highest BCUT2D eigenvalue weighted by Crippen LogP contribution is 2.28. The Bertz CT molecular complexity index is 407. The number of benzene rings is 1. The van der Waals surface area contributed by atoms with Crippen LogP contribution >= 0.6 is 11.8 Å². The predicted octanol–water partition coefficient (Wildman–Crippen LogP) is 3.16. The monoisotopic (exact) mass is 266 g/mol. The SMILES string of the molecule is CCNC(=O)c1ccc(N)c(SCC(C)CC)c1. The highest BCUT2D eigenvalue weighted by atomic mass is 32.2. The Balaban J connectivity index is 2.78. The van der Waals surface area contributed by atoms with E-state index in [1.165, 1.54) is 0 Å². The van der Waals surface area contributed by atoms with E-state index in [4.69, 9.17) is 5.73 Å². The molecule has 4 heteroatoms. The van der Waals surface area contributed by atoms with E-state index in [1.807, 2.05) is 19.1 Å². The fraction of sp³-hybridized carbons (Fsp3) is 0.500. The molecule has 0 fully saturated rings. The van der Waals surface area contributed by atoms with Gasteiger partial charge in [0.25, 0.3) is 5.91 Å². The van der Waals surface area contributed by atoms with Crippen molar-refractivity contribution in [2.75, 3.05) is 18.0 Å². The van der Waals surface area contributed by atoms with Gasteiger partial charge in [0, 0.05) is 28.4 Å². The number of carbonyl (C=O) groups excluding carboxylic acids is 1. The second kappa shape index (κ2) is 7.31. The van der Waals surface area contributed by atoms with E-state index in [-0.39, 0.29) is 5.91 Å². The number of carbonyl (C=O) groups is 1. The van der Waals surface area contributed by atoms with E-state index in [1.54, 1.807) is 17.8 Å². The van der Waals surface area contributed by atoms with E-state index in [9.17, 15) is 4.79 Å². The van der Waals surface area contributed by atoms with Crippen molar-refractivity contribution in [3.05, 3.63) is 23.8 Å². The summed E-state index contributed by atoms with van der Waals surface area (Å²) in [6.07, 6.45) is 1.16. The van der Waals surface area contributed by atoms with Gasteiger partial charge in [0.05, 0.1) is 0 Å². The van der Waals surface area contributed by atoms with Crippen LogP contribution in [-0.4, -0.2) is 18.2 Å². The van der Waals surface area contributed by atoms with E-state index < -0.39 is 0 Å². The molecule has 1 aromatic rings. The summed E-state index contributed by atoms with van der Waals surface area (Å²) in [5.74, 6) is 1.64. The lowest BCUT2D eigenvalue weighted by Gasteiger charge is -2.11. The van der Waals surface area contributed by atoms with Gasteiger partial charge in [0.15, 0.2) is 0 Å². The summed E-state index contributed by atoms with van der Waals surface area (Å²) in [6.45, 7) is 6.95. The average Bonchev–Trinajstić information content (AvgIpc) is 2.37. The summed E-state index contributed by atoms with van der Waals surface area (Å²) in [7, 11) is 0. The minimum Gasteiger partial charge on any atom is -0.398 e.